The highest BCUT2D eigenvalue weighted by Gasteiger charge is 2.51. The van der Waals surface area contributed by atoms with Crippen LogP contribution in [0.5, 0.6) is 0 Å². The van der Waals surface area contributed by atoms with Gasteiger partial charge in [0.25, 0.3) is 0 Å². The fourth-order valence-corrected chi connectivity index (χ4v) is 3.00. The van der Waals surface area contributed by atoms with Crippen molar-refractivity contribution in [2.45, 2.75) is 50.1 Å². The molecule has 0 spiro atoms. The van der Waals surface area contributed by atoms with Gasteiger partial charge in [0.2, 0.25) is 5.91 Å². The molecule has 1 aromatic heterocycles. The lowest BCUT2D eigenvalue weighted by atomic mass is 9.94. The average molecular weight is 315 g/mol. The molecule has 7 heteroatoms. The van der Waals surface area contributed by atoms with E-state index in [0.717, 1.165) is 31.2 Å². The van der Waals surface area contributed by atoms with E-state index in [2.05, 4.69) is 20.8 Å². The van der Waals surface area contributed by atoms with Crippen LogP contribution in [0.25, 0.3) is 0 Å². The summed E-state index contributed by atoms with van der Waals surface area (Å²) in [5.41, 5.74) is 0.338. The Hall–Kier alpha value is -2.31. The largest absolute Gasteiger partial charge is 0.346 e. The van der Waals surface area contributed by atoms with Gasteiger partial charge in [-0.1, -0.05) is 12.1 Å². The molecule has 0 radical (unpaired) electrons. The van der Waals surface area contributed by atoms with Gasteiger partial charge in [0.1, 0.15) is 5.82 Å². The SMILES string of the molecule is CC(NC(=O)C1(c2ccc(F)cc2)CC1)c1nnnn1C1CC1. The van der Waals surface area contributed by atoms with Crippen molar-refractivity contribution < 1.29 is 9.18 Å². The number of nitrogens with one attached hydrogen (secondary N) is 1. The van der Waals surface area contributed by atoms with Crippen LogP contribution in [0.15, 0.2) is 24.3 Å². The van der Waals surface area contributed by atoms with E-state index in [-0.39, 0.29) is 17.8 Å². The van der Waals surface area contributed by atoms with E-state index in [0.29, 0.717) is 11.9 Å². The third-order valence-electron chi connectivity index (χ3n) is 4.73. The number of benzene rings is 1. The molecule has 23 heavy (non-hydrogen) atoms. The summed E-state index contributed by atoms with van der Waals surface area (Å²) >= 11 is 0. The molecule has 0 saturated heterocycles. The van der Waals surface area contributed by atoms with Crippen molar-refractivity contribution in [3.63, 3.8) is 0 Å². The van der Waals surface area contributed by atoms with E-state index in [9.17, 15) is 9.18 Å². The van der Waals surface area contributed by atoms with Gasteiger partial charge in [-0.2, -0.15) is 0 Å². The van der Waals surface area contributed by atoms with E-state index in [1.807, 2.05) is 11.6 Å². The van der Waals surface area contributed by atoms with Crippen molar-refractivity contribution in [2.24, 2.45) is 0 Å². The number of carbonyl (C=O) groups excluding carboxylic acids is 1. The van der Waals surface area contributed by atoms with Gasteiger partial charge in [0, 0.05) is 0 Å². The molecule has 0 aliphatic heterocycles. The van der Waals surface area contributed by atoms with Gasteiger partial charge in [-0.15, -0.1) is 5.10 Å². The summed E-state index contributed by atoms with van der Waals surface area (Å²) in [5, 5.41) is 14.8. The van der Waals surface area contributed by atoms with Crippen molar-refractivity contribution in [1.29, 1.82) is 0 Å². The van der Waals surface area contributed by atoms with Gasteiger partial charge < -0.3 is 5.32 Å². The number of rotatable bonds is 5. The Morgan fingerprint density at radius 2 is 2.04 bits per heavy atom. The monoisotopic (exact) mass is 315 g/mol. The summed E-state index contributed by atoms with van der Waals surface area (Å²) in [7, 11) is 0. The van der Waals surface area contributed by atoms with Crippen LogP contribution in [0.2, 0.25) is 0 Å². The second-order valence-electron chi connectivity index (χ2n) is 6.50. The number of hydrogen-bond acceptors (Lipinski definition) is 4. The molecule has 1 heterocycles. The molecule has 2 aliphatic carbocycles. The molecule has 1 unspecified atom stereocenters. The molecule has 6 nitrogen and oxygen atoms in total. The van der Waals surface area contributed by atoms with Gasteiger partial charge in [-0.3, -0.25) is 4.79 Å². The van der Waals surface area contributed by atoms with Crippen LogP contribution in [-0.4, -0.2) is 26.1 Å². The zero-order valence-corrected chi connectivity index (χ0v) is 12.9. The van der Waals surface area contributed by atoms with E-state index >= 15 is 0 Å². The van der Waals surface area contributed by atoms with E-state index in [1.54, 1.807) is 12.1 Å². The maximum Gasteiger partial charge on any atom is 0.231 e. The van der Waals surface area contributed by atoms with Gasteiger partial charge in [0.15, 0.2) is 5.82 Å². The van der Waals surface area contributed by atoms with Crippen LogP contribution in [-0.2, 0) is 10.2 Å². The minimum absolute atomic E-state index is 0.0399. The molecule has 120 valence electrons. The number of carbonyl (C=O) groups is 1. The van der Waals surface area contributed by atoms with Crippen molar-refractivity contribution in [3.05, 3.63) is 41.5 Å². The van der Waals surface area contributed by atoms with Crippen molar-refractivity contribution in [1.82, 2.24) is 25.5 Å². The minimum Gasteiger partial charge on any atom is -0.346 e. The Morgan fingerprint density at radius 3 is 2.65 bits per heavy atom. The summed E-state index contributed by atoms with van der Waals surface area (Å²) in [6, 6.07) is 6.31. The van der Waals surface area contributed by atoms with E-state index in [1.165, 1.54) is 12.1 Å². The molecule has 0 bridgehead atoms. The van der Waals surface area contributed by atoms with Crippen LogP contribution in [0.4, 0.5) is 4.39 Å². The fraction of sp³-hybridized carbons (Fsp3) is 0.500. The van der Waals surface area contributed by atoms with Gasteiger partial charge in [0.05, 0.1) is 17.5 Å². The standard InChI is InChI=1S/C16H18FN5O/c1-10(14-19-20-21-22(14)13-6-7-13)18-15(23)16(8-9-16)11-2-4-12(17)5-3-11/h2-5,10,13H,6-9H2,1H3,(H,18,23). The number of nitrogens with zero attached hydrogens (tertiary/aromatic N) is 4. The molecule has 4 rings (SSSR count). The Morgan fingerprint density at radius 1 is 1.35 bits per heavy atom. The zero-order chi connectivity index (χ0) is 16.0. The van der Waals surface area contributed by atoms with Crippen LogP contribution in [0.1, 0.15) is 56.1 Å². The number of hydrogen-bond donors (Lipinski definition) is 1. The Labute approximate surface area is 133 Å². The summed E-state index contributed by atoms with van der Waals surface area (Å²) in [4.78, 5) is 12.7. The maximum absolute atomic E-state index is 13.1. The predicted octanol–water partition coefficient (Wildman–Crippen LogP) is 2.06. The second kappa shape index (κ2) is 5.11. The number of amides is 1. The maximum atomic E-state index is 13.1. The quantitative estimate of drug-likeness (QED) is 0.916. The molecule has 2 saturated carbocycles. The highest BCUT2D eigenvalue weighted by molar-refractivity contribution is 5.91. The van der Waals surface area contributed by atoms with Crippen LogP contribution in [0, 0.1) is 5.82 Å². The molecule has 1 atom stereocenters. The topological polar surface area (TPSA) is 72.7 Å². The van der Waals surface area contributed by atoms with Crippen LogP contribution >= 0.6 is 0 Å². The van der Waals surface area contributed by atoms with E-state index in [4.69, 9.17) is 0 Å². The first-order valence-corrected chi connectivity index (χ1v) is 7.95. The number of tetrazole rings is 1. The number of halogens is 1. The molecule has 2 aromatic rings. The second-order valence-corrected chi connectivity index (χ2v) is 6.50. The molecule has 1 N–H and O–H groups in total. The highest BCUT2D eigenvalue weighted by Crippen LogP contribution is 2.48. The normalized spacial score (nSPS) is 20.1. The van der Waals surface area contributed by atoms with Gasteiger partial charge in [-0.25, -0.2) is 9.07 Å². The minimum atomic E-state index is -0.528. The van der Waals surface area contributed by atoms with Gasteiger partial charge >= 0.3 is 0 Å². The molecule has 1 amide bonds. The molecule has 2 fully saturated rings. The molecular weight excluding hydrogens is 297 g/mol. The smallest absolute Gasteiger partial charge is 0.231 e. The summed E-state index contributed by atoms with van der Waals surface area (Å²) in [6.07, 6.45) is 3.73. The van der Waals surface area contributed by atoms with Crippen molar-refractivity contribution in [3.8, 4) is 0 Å². The lowest BCUT2D eigenvalue weighted by Gasteiger charge is -2.19. The third kappa shape index (κ3) is 2.50. The van der Waals surface area contributed by atoms with Crippen LogP contribution in [0.3, 0.4) is 0 Å². The first-order valence-electron chi connectivity index (χ1n) is 7.95. The number of aromatic nitrogens is 4. The Kier molecular flexibility index (Phi) is 3.18. The van der Waals surface area contributed by atoms with E-state index < -0.39 is 5.41 Å². The first kappa shape index (κ1) is 14.3. The van der Waals surface area contributed by atoms with Crippen molar-refractivity contribution in [2.75, 3.05) is 0 Å². The Bertz CT molecular complexity index is 733. The molecular formula is C16H18FN5O. The Balaban J connectivity index is 1.51. The lowest BCUT2D eigenvalue weighted by molar-refractivity contribution is -0.124. The highest BCUT2D eigenvalue weighted by atomic mass is 19.1. The summed E-state index contributed by atoms with van der Waals surface area (Å²) < 4.78 is 14.9. The predicted molar refractivity (Wildman–Crippen MR) is 80.0 cm³/mol. The first-order chi connectivity index (χ1) is 11.1. The summed E-state index contributed by atoms with van der Waals surface area (Å²) in [6.45, 7) is 1.89. The molecule has 2 aliphatic rings. The van der Waals surface area contributed by atoms with Crippen LogP contribution < -0.4 is 5.32 Å². The summed E-state index contributed by atoms with van der Waals surface area (Å²) in [5.74, 6) is 0.361. The molecule has 1 aromatic carbocycles. The lowest BCUT2D eigenvalue weighted by Crippen LogP contribution is -2.37. The van der Waals surface area contributed by atoms with Gasteiger partial charge in [-0.05, 0) is 60.7 Å². The zero-order valence-electron chi connectivity index (χ0n) is 12.9. The van der Waals surface area contributed by atoms with Crippen molar-refractivity contribution >= 4 is 5.91 Å². The fourth-order valence-electron chi connectivity index (χ4n) is 3.00. The third-order valence-corrected chi connectivity index (χ3v) is 4.73. The average Bonchev–Trinajstić information content (AvgIpc) is 3.46.